The van der Waals surface area contributed by atoms with Crippen LogP contribution in [0.25, 0.3) is 0 Å². The molecule has 0 spiro atoms. The van der Waals surface area contributed by atoms with Gasteiger partial charge in [0.15, 0.2) is 0 Å². The van der Waals surface area contributed by atoms with Gasteiger partial charge in [0.2, 0.25) is 0 Å². The van der Waals surface area contributed by atoms with Gasteiger partial charge in [-0.15, -0.1) is 0 Å². The largest absolute Gasteiger partial charge is 2.00 e. The van der Waals surface area contributed by atoms with Gasteiger partial charge >= 0.3 is 59.3 Å². The van der Waals surface area contributed by atoms with Crippen LogP contribution in [0.4, 0.5) is 0 Å². The van der Waals surface area contributed by atoms with Crippen molar-refractivity contribution in [2.45, 2.75) is 0 Å². The standard InChI is InChI=1S/C2H4O5S.Ba.2H/c3-8(4)6-2-1-5-7-8;;;/h1-2H2;;;/q;+2;2*-1. The molecule has 0 N–H and O–H groups in total. The van der Waals surface area contributed by atoms with Gasteiger partial charge in [0.1, 0.15) is 6.61 Å². The molecule has 0 aromatic rings. The first-order valence-electron chi connectivity index (χ1n) is 1.91. The second-order valence-corrected chi connectivity index (χ2v) is 2.31. The van der Waals surface area contributed by atoms with Gasteiger partial charge in [-0.3, -0.25) is 0 Å². The third-order valence-corrected chi connectivity index (χ3v) is 1.24. The molecule has 0 aromatic carbocycles. The van der Waals surface area contributed by atoms with Crippen LogP contribution in [-0.4, -0.2) is 70.5 Å². The molecule has 1 rings (SSSR count). The molecular formula is C2H6BaO5S. The zero-order chi connectivity index (χ0) is 6.04. The third-order valence-electron chi connectivity index (χ3n) is 0.526. The van der Waals surface area contributed by atoms with Crippen molar-refractivity contribution < 1.29 is 24.7 Å². The molecule has 0 atom stereocenters. The second-order valence-electron chi connectivity index (χ2n) is 1.12. The number of rotatable bonds is 0. The molecule has 0 radical (unpaired) electrons. The van der Waals surface area contributed by atoms with Crippen LogP contribution in [0.15, 0.2) is 0 Å². The maximum absolute atomic E-state index is 10.1. The van der Waals surface area contributed by atoms with Crippen molar-refractivity contribution in [1.82, 2.24) is 0 Å². The molecule has 0 aliphatic carbocycles. The molecule has 0 amide bonds. The van der Waals surface area contributed by atoms with Gasteiger partial charge in [0, 0.05) is 0 Å². The summed E-state index contributed by atoms with van der Waals surface area (Å²) in [6, 6.07) is 0. The van der Waals surface area contributed by atoms with Crippen LogP contribution in [0, 0.1) is 0 Å². The molecule has 1 aliphatic rings. The van der Waals surface area contributed by atoms with Crippen molar-refractivity contribution in [3.63, 3.8) is 0 Å². The Balaban J connectivity index is -0.000000213. The molecule has 52 valence electrons. The van der Waals surface area contributed by atoms with Crippen molar-refractivity contribution in [1.29, 1.82) is 0 Å². The Hall–Kier alpha value is 1.40. The molecule has 0 saturated carbocycles. The molecule has 7 heteroatoms. The quantitative estimate of drug-likeness (QED) is 0.423. The minimum atomic E-state index is -3.80. The van der Waals surface area contributed by atoms with E-state index in [1.807, 2.05) is 0 Å². The fraction of sp³-hybridized carbons (Fsp3) is 1.00. The van der Waals surface area contributed by atoms with E-state index in [9.17, 15) is 8.42 Å². The van der Waals surface area contributed by atoms with E-state index in [4.69, 9.17) is 0 Å². The summed E-state index contributed by atoms with van der Waals surface area (Å²) in [6.07, 6.45) is 0. The Bertz CT molecular complexity index is 157. The van der Waals surface area contributed by atoms with Crippen LogP contribution in [0.2, 0.25) is 0 Å². The van der Waals surface area contributed by atoms with Gasteiger partial charge in [0.25, 0.3) is 0 Å². The van der Waals surface area contributed by atoms with Gasteiger partial charge in [-0.25, -0.2) is 9.07 Å². The minimum absolute atomic E-state index is 0. The summed E-state index contributed by atoms with van der Waals surface area (Å²) in [6.45, 7) is 0.182. The molecule has 1 saturated heterocycles. The maximum atomic E-state index is 10.1. The van der Waals surface area contributed by atoms with Gasteiger partial charge in [-0.05, 0) is 0 Å². The second kappa shape index (κ2) is 4.31. The summed E-state index contributed by atoms with van der Waals surface area (Å²) in [5.74, 6) is 0. The molecular weight excluding hydrogens is 273 g/mol. The summed E-state index contributed by atoms with van der Waals surface area (Å²) in [7, 11) is -3.80. The Labute approximate surface area is 96.0 Å². The van der Waals surface area contributed by atoms with Crippen LogP contribution in [0.1, 0.15) is 2.85 Å². The maximum Gasteiger partial charge on any atom is 2.00 e. The summed E-state index contributed by atoms with van der Waals surface area (Å²) in [4.78, 5) is 4.07. The molecule has 9 heavy (non-hydrogen) atoms. The fourth-order valence-electron chi connectivity index (χ4n) is 0.283. The van der Waals surface area contributed by atoms with Crippen LogP contribution in [-0.2, 0) is 23.8 Å². The SMILES string of the molecule is O=S1(=O)OCCOO1.[Ba+2].[H-].[H-]. The molecule has 0 unspecified atom stereocenters. The molecule has 0 aromatic heterocycles. The van der Waals surface area contributed by atoms with Crippen LogP contribution in [0.5, 0.6) is 0 Å². The summed E-state index contributed by atoms with van der Waals surface area (Å²) < 4.78 is 28.0. The third kappa shape index (κ3) is 3.96. The monoisotopic (exact) mass is 280 g/mol. The van der Waals surface area contributed by atoms with E-state index in [1.165, 1.54) is 0 Å². The normalized spacial score (nSPS) is 24.4. The Morgan fingerprint density at radius 1 is 1.33 bits per heavy atom. The van der Waals surface area contributed by atoms with Gasteiger partial charge in [-0.1, -0.05) is 4.33 Å². The molecule has 5 nitrogen and oxygen atoms in total. The van der Waals surface area contributed by atoms with E-state index < -0.39 is 10.4 Å². The summed E-state index contributed by atoms with van der Waals surface area (Å²) in [5, 5.41) is 0. The predicted octanol–water partition coefficient (Wildman–Crippen LogP) is -0.946. The number of hydrogen-bond donors (Lipinski definition) is 0. The first kappa shape index (κ1) is 10.4. The molecule has 1 aliphatic heterocycles. The van der Waals surface area contributed by atoms with Crippen LogP contribution in [0.3, 0.4) is 0 Å². The van der Waals surface area contributed by atoms with Crippen LogP contribution < -0.4 is 0 Å². The van der Waals surface area contributed by atoms with E-state index in [1.54, 1.807) is 0 Å². The molecule has 1 heterocycles. The Morgan fingerprint density at radius 3 is 2.22 bits per heavy atom. The minimum Gasteiger partial charge on any atom is -1.00 e. The van der Waals surface area contributed by atoms with Crippen molar-refractivity contribution in [2.24, 2.45) is 0 Å². The summed E-state index contributed by atoms with van der Waals surface area (Å²) >= 11 is 0. The van der Waals surface area contributed by atoms with E-state index in [2.05, 4.69) is 13.4 Å². The van der Waals surface area contributed by atoms with Gasteiger partial charge in [-0.2, -0.15) is 8.42 Å². The molecule has 1 fully saturated rings. The number of hydrogen-bond acceptors (Lipinski definition) is 5. The zero-order valence-corrected chi connectivity index (χ0v) is 9.83. The topological polar surface area (TPSA) is 61.8 Å². The van der Waals surface area contributed by atoms with Crippen molar-refractivity contribution in [2.75, 3.05) is 13.2 Å². The van der Waals surface area contributed by atoms with E-state index in [-0.39, 0.29) is 64.9 Å². The van der Waals surface area contributed by atoms with E-state index >= 15 is 0 Å². The Kier molecular flexibility index (Phi) is 4.99. The summed E-state index contributed by atoms with van der Waals surface area (Å²) in [5.41, 5.74) is 0. The first-order valence-corrected chi connectivity index (χ1v) is 3.24. The van der Waals surface area contributed by atoms with Crippen molar-refractivity contribution in [3.8, 4) is 0 Å². The average molecular weight is 279 g/mol. The van der Waals surface area contributed by atoms with Gasteiger partial charge in [0.05, 0.1) is 6.61 Å². The fourth-order valence-corrected chi connectivity index (χ4v) is 0.780. The average Bonchev–Trinajstić information content (AvgIpc) is 1.65. The molecule has 0 bridgehead atoms. The van der Waals surface area contributed by atoms with Gasteiger partial charge < -0.3 is 2.85 Å². The smallest absolute Gasteiger partial charge is 1.00 e. The van der Waals surface area contributed by atoms with Crippen molar-refractivity contribution >= 4 is 59.3 Å². The van der Waals surface area contributed by atoms with Crippen molar-refractivity contribution in [3.05, 3.63) is 0 Å². The zero-order valence-electron chi connectivity index (χ0n) is 6.57. The van der Waals surface area contributed by atoms with E-state index in [0.717, 1.165) is 0 Å². The van der Waals surface area contributed by atoms with Crippen LogP contribution >= 0.6 is 0 Å². The Morgan fingerprint density at radius 2 is 2.00 bits per heavy atom. The van der Waals surface area contributed by atoms with E-state index in [0.29, 0.717) is 0 Å². The predicted molar refractivity (Wildman–Crippen MR) is 29.9 cm³/mol. The first-order chi connectivity index (χ1) is 3.71.